The number of nitrogens with one attached hydrogen (secondary N) is 14. The van der Waals surface area contributed by atoms with E-state index in [1.807, 2.05) is 76.3 Å². The largest absolute Gasteiger partial charge is 0.481 e. The number of rotatable bonds is 72. The molecule has 38 heteroatoms. The summed E-state index contributed by atoms with van der Waals surface area (Å²) in [4.78, 5) is 218. The second-order valence-electron chi connectivity index (χ2n) is 34.5. The van der Waals surface area contributed by atoms with Crippen molar-refractivity contribution >= 4 is 105 Å². The van der Waals surface area contributed by atoms with Crippen LogP contribution >= 0.6 is 0 Å². The monoisotopic (exact) mass is 1800 g/mol. The highest BCUT2D eigenvalue weighted by Gasteiger charge is 2.38. The van der Waals surface area contributed by atoms with E-state index in [4.69, 9.17) is 34.4 Å². The van der Waals surface area contributed by atoms with Gasteiger partial charge in [0.05, 0.1) is 43.2 Å². The number of ketones is 2. The highest BCUT2D eigenvalue weighted by atomic mass is 16.4. The van der Waals surface area contributed by atoms with Crippen LogP contribution in [0, 0.1) is 23.7 Å². The normalized spacial score (nSPS) is 14.7. The van der Waals surface area contributed by atoms with Gasteiger partial charge in [0.1, 0.15) is 48.3 Å². The minimum atomic E-state index is -1.59. The SMILES string of the molecule is CC(=O)N[C@H](C(=O)N[C@@H](CC(C)C)C(=O)N[C@@H](CCCCN)C(=O)N[C@@H](CCC(N)=O)C(=O)N[C@@H](Cc1c[nH]c2ccccc12)C(=O)CCC/C=C/CCCN[C@@H](CCCCN)C(=O)NCC(=O)N[C@H](C(=O)CCC/C=C/CCCN[C@@H](CCCCN)C(=O)N[C@@H](CC(=O)O)C(=O)N[C@@H](CC(C)C)C(=O)N[C@H](C(=O)N[C@@H](CCCCN)C(N)=O)C(C)C)C(C)C)[C@@H](C)O. The van der Waals surface area contributed by atoms with Gasteiger partial charge in [-0.2, -0.15) is 0 Å². The van der Waals surface area contributed by atoms with Crippen molar-refractivity contribution in [2.24, 2.45) is 58.1 Å². The van der Waals surface area contributed by atoms with E-state index in [-0.39, 0.29) is 100 Å². The predicted octanol–water partition coefficient (Wildman–Crippen LogP) is 1.29. The van der Waals surface area contributed by atoms with E-state index in [2.05, 4.69) is 74.1 Å². The molecule has 0 bridgehead atoms. The van der Waals surface area contributed by atoms with Crippen LogP contribution in [0.1, 0.15) is 248 Å². The molecule has 38 nitrogen and oxygen atoms in total. The molecule has 0 unspecified atom stereocenters. The fraction of sp³-hybridized carbons (Fsp3) is 0.689. The summed E-state index contributed by atoms with van der Waals surface area (Å²) in [6.07, 6.45) is 17.1. The summed E-state index contributed by atoms with van der Waals surface area (Å²) in [6, 6.07) is -6.27. The van der Waals surface area contributed by atoms with Gasteiger partial charge < -0.3 is 119 Å². The van der Waals surface area contributed by atoms with Gasteiger partial charge in [-0.15, -0.1) is 0 Å². The van der Waals surface area contributed by atoms with Gasteiger partial charge in [-0.25, -0.2) is 0 Å². The summed E-state index contributed by atoms with van der Waals surface area (Å²) >= 11 is 0. The van der Waals surface area contributed by atoms with E-state index in [0.717, 1.165) is 16.5 Å². The van der Waals surface area contributed by atoms with Gasteiger partial charge in [-0.1, -0.05) is 111 Å². The summed E-state index contributed by atoms with van der Waals surface area (Å²) in [5.74, 6) is -12.1. The van der Waals surface area contributed by atoms with Gasteiger partial charge in [0.15, 0.2) is 11.6 Å². The standard InChI is InChI=1S/C90H154N20O18/c1-55(2)49-70(108-90(128)80(59(9)111)101-60(10)112)86(124)103-67(38-26-30-46-94)84(122)104-68(41-42-75(95)115)85(123)105-69(51-61-53-99-63-34-22-21-33-62(61)63)73(113)39-19-15-11-13-17-31-47-97-65(36-24-28-44-92)82(120)100-54-76(116)109-78(57(5)6)74(114)40-20-16-12-14-18-32-48-98-66(37-25-29-45-93)83(121)107-72(52-77(117)118)87(125)106-71(50-56(3)4)88(126)110-79(58(7)8)89(127)102-64(81(96)119)35-23-27-43-91/h11-14,21-22,33-34,53,55-59,64-72,78-80,97-99,111H,15-20,23-32,35-52,54,91-94H2,1-10H3,(H2,95,115)(H2,96,119)(H,100,120)(H,101,112)(H,102,127)(H,103,124)(H,104,122)(H,105,123)(H,106,125)(H,107,121)(H,108,128)(H,109,116)(H,110,126)(H,117,118)/b13-11+,14-12+/t59-,64+,65+,66+,67+,68+,69+,70+,71+,72+,78+,79+,80+/m1/s1. The molecule has 0 saturated heterocycles. The Labute approximate surface area is 754 Å². The number of aromatic nitrogens is 1. The number of primary amides is 2. The molecule has 128 heavy (non-hydrogen) atoms. The number of aliphatic carboxylic acids is 1. The third kappa shape index (κ3) is 47.3. The average molecular weight is 1800 g/mol. The van der Waals surface area contributed by atoms with Crippen molar-refractivity contribution in [3.63, 3.8) is 0 Å². The lowest BCUT2D eigenvalue weighted by Gasteiger charge is -2.28. The first-order valence-corrected chi connectivity index (χ1v) is 45.7. The van der Waals surface area contributed by atoms with Crippen LogP contribution in [0.3, 0.4) is 0 Å². The molecular weight excluding hydrogens is 1650 g/mol. The molecule has 2 rings (SSSR count). The fourth-order valence-electron chi connectivity index (χ4n) is 14.3. The van der Waals surface area contributed by atoms with Crippen LogP contribution in [0.5, 0.6) is 0 Å². The van der Waals surface area contributed by atoms with E-state index in [1.54, 1.807) is 33.9 Å². The Hall–Kier alpha value is -10.1. The number of para-hydroxylation sites is 1. The number of amides is 13. The molecule has 1 aromatic heterocycles. The number of hydrogen-bond acceptors (Lipinski definition) is 23. The number of aliphatic hydroxyl groups excluding tert-OH is 1. The number of Topliss-reactive ketones (excluding diaryl/α,β-unsaturated/α-hetero) is 2. The molecule has 13 atom stereocenters. The van der Waals surface area contributed by atoms with E-state index >= 15 is 0 Å². The average Bonchev–Trinajstić information content (AvgIpc) is 1.66. The molecule has 0 aliphatic carbocycles. The van der Waals surface area contributed by atoms with Crippen LogP contribution in [-0.4, -0.2) is 234 Å². The summed E-state index contributed by atoms with van der Waals surface area (Å²) in [7, 11) is 0. The molecule has 1 heterocycles. The molecule has 0 saturated carbocycles. The number of carboxylic acids is 1. The lowest BCUT2D eigenvalue weighted by Crippen LogP contribution is -2.60. The quantitative estimate of drug-likeness (QED) is 0.0328. The van der Waals surface area contributed by atoms with Crippen LogP contribution in [0.15, 0.2) is 54.8 Å². The number of hydrogen-bond donors (Lipinski definition) is 22. The number of aliphatic hydroxyl groups is 1. The highest BCUT2D eigenvalue weighted by Crippen LogP contribution is 2.22. The zero-order chi connectivity index (χ0) is 95.8. The molecule has 0 aliphatic rings. The van der Waals surface area contributed by atoms with Gasteiger partial charge in [0.2, 0.25) is 76.8 Å². The summed E-state index contributed by atoms with van der Waals surface area (Å²) in [5.41, 5.74) is 35.6. The lowest BCUT2D eigenvalue weighted by atomic mass is 9.96. The van der Waals surface area contributed by atoms with Gasteiger partial charge in [-0.05, 0) is 216 Å². The van der Waals surface area contributed by atoms with Crippen LogP contribution < -0.4 is 104 Å². The summed E-state index contributed by atoms with van der Waals surface area (Å²) in [6.45, 7) is 18.6. The fourth-order valence-corrected chi connectivity index (χ4v) is 14.3. The number of carbonyl (C=O) groups excluding carboxylic acids is 15. The van der Waals surface area contributed by atoms with Crippen molar-refractivity contribution in [2.45, 2.75) is 328 Å². The van der Waals surface area contributed by atoms with Crippen molar-refractivity contribution in [3.8, 4) is 0 Å². The van der Waals surface area contributed by atoms with E-state index < -0.39 is 174 Å². The molecule has 0 aliphatic heterocycles. The first-order valence-electron chi connectivity index (χ1n) is 45.7. The van der Waals surface area contributed by atoms with Crippen LogP contribution in [0.25, 0.3) is 10.9 Å². The first-order chi connectivity index (χ1) is 60.8. The van der Waals surface area contributed by atoms with Crippen LogP contribution in [0.4, 0.5) is 0 Å². The number of H-pyrrole nitrogens is 1. The van der Waals surface area contributed by atoms with Crippen molar-refractivity contribution in [2.75, 3.05) is 45.8 Å². The van der Waals surface area contributed by atoms with Gasteiger partial charge >= 0.3 is 5.97 Å². The Bertz CT molecular complexity index is 3850. The van der Waals surface area contributed by atoms with Crippen molar-refractivity contribution < 1.29 is 86.9 Å². The first kappa shape index (κ1) is 114. The number of carbonyl (C=O) groups is 16. The van der Waals surface area contributed by atoms with Crippen LogP contribution in [0.2, 0.25) is 0 Å². The second kappa shape index (κ2) is 64.6. The second-order valence-corrected chi connectivity index (χ2v) is 34.5. The number of benzene rings is 1. The molecule has 13 amide bonds. The Morgan fingerprint density at radius 3 is 1.29 bits per heavy atom. The zero-order valence-corrected chi connectivity index (χ0v) is 77.2. The number of unbranched alkanes of at least 4 members (excludes halogenated alkanes) is 8. The maximum atomic E-state index is 14.5. The van der Waals surface area contributed by atoms with E-state index in [9.17, 15) is 86.9 Å². The predicted molar refractivity (Wildman–Crippen MR) is 490 cm³/mol. The maximum Gasteiger partial charge on any atom is 0.305 e. The van der Waals surface area contributed by atoms with E-state index in [1.165, 1.54) is 13.8 Å². The van der Waals surface area contributed by atoms with Gasteiger partial charge in [-0.3, -0.25) is 76.7 Å². The molecule has 28 N–H and O–H groups in total. The Morgan fingerprint density at radius 2 is 0.812 bits per heavy atom. The Balaban J connectivity index is 2.06. The third-order valence-electron chi connectivity index (χ3n) is 21.4. The topological polar surface area (TPSA) is 642 Å². The van der Waals surface area contributed by atoms with Crippen molar-refractivity contribution in [1.82, 2.24) is 74.1 Å². The zero-order valence-electron chi connectivity index (χ0n) is 77.2. The smallest absolute Gasteiger partial charge is 0.305 e. The lowest BCUT2D eigenvalue weighted by molar-refractivity contribution is -0.141. The number of fused-ring (bicyclic) bond motifs is 1. The number of carboxylic acid groups (broad SMARTS) is 1. The summed E-state index contributed by atoms with van der Waals surface area (Å²) < 4.78 is 0. The minimum Gasteiger partial charge on any atom is -0.481 e. The molecule has 1 aromatic carbocycles. The number of aromatic amines is 1. The van der Waals surface area contributed by atoms with Gasteiger partial charge in [0.25, 0.3) is 0 Å². The third-order valence-corrected chi connectivity index (χ3v) is 21.4. The molecule has 2 aromatic rings. The molecule has 0 fully saturated rings. The van der Waals surface area contributed by atoms with Crippen molar-refractivity contribution in [1.29, 1.82) is 0 Å². The van der Waals surface area contributed by atoms with Gasteiger partial charge in [0, 0.05) is 49.7 Å². The summed E-state index contributed by atoms with van der Waals surface area (Å²) in [5, 5.41) is 56.8. The van der Waals surface area contributed by atoms with Crippen LogP contribution in [-0.2, 0) is 83.1 Å². The molecule has 0 spiro atoms. The number of nitrogens with two attached hydrogens (primary N) is 6. The van der Waals surface area contributed by atoms with E-state index in [0.29, 0.717) is 148 Å². The Morgan fingerprint density at radius 1 is 0.406 bits per heavy atom. The molecule has 722 valence electrons. The molecular formula is C90H154N20O18. The minimum absolute atomic E-state index is 0.0464. The highest BCUT2D eigenvalue weighted by molar-refractivity contribution is 5.99. The number of allylic oxidation sites excluding steroid dienone is 4. The maximum absolute atomic E-state index is 14.5. The Kier molecular flexibility index (Phi) is 57.5. The van der Waals surface area contributed by atoms with Crippen molar-refractivity contribution in [3.05, 3.63) is 60.3 Å². The molecule has 0 radical (unpaired) electrons.